The first-order valence-electron chi connectivity index (χ1n) is 26.7. The van der Waals surface area contributed by atoms with Crippen LogP contribution in [0.25, 0.3) is 11.5 Å². The smallest absolute Gasteiger partial charge is 0.416 e. The van der Waals surface area contributed by atoms with Crippen molar-refractivity contribution in [3.05, 3.63) is 142 Å². The molecule has 0 aliphatic heterocycles. The highest BCUT2D eigenvalue weighted by Crippen LogP contribution is 2.31. The number of benzene rings is 4. The Balaban J connectivity index is 0.000000326. The molecule has 5 aromatic rings. The molecule has 0 bridgehead atoms. The lowest BCUT2D eigenvalue weighted by Crippen LogP contribution is -2.35. The third-order valence-electron chi connectivity index (χ3n) is 12.9. The van der Waals surface area contributed by atoms with Gasteiger partial charge in [-0.2, -0.15) is 31.3 Å². The van der Waals surface area contributed by atoms with Crippen LogP contribution in [0.5, 0.6) is 0 Å². The van der Waals surface area contributed by atoms with Gasteiger partial charge in [-0.3, -0.25) is 14.5 Å². The predicted octanol–water partition coefficient (Wildman–Crippen LogP) is 15.7. The number of carbonyl (C=O) groups is 3. The molecule has 4 aromatic carbocycles. The average molecular weight is 1050 g/mol. The van der Waals surface area contributed by atoms with E-state index in [4.69, 9.17) is 4.52 Å². The van der Waals surface area contributed by atoms with Crippen molar-refractivity contribution in [1.29, 1.82) is 0 Å². The van der Waals surface area contributed by atoms with Crippen LogP contribution in [0.3, 0.4) is 0 Å². The molecule has 0 aliphatic rings. The minimum absolute atomic E-state index is 0.0602. The van der Waals surface area contributed by atoms with Crippen molar-refractivity contribution in [3.63, 3.8) is 0 Å². The number of aromatic nitrogens is 2. The number of carboxylic acids is 2. The molecule has 0 radical (unpaired) electrons. The Morgan fingerprint density at radius 2 is 0.920 bits per heavy atom. The molecule has 1 aromatic heterocycles. The highest BCUT2D eigenvalue weighted by molar-refractivity contribution is 6.31. The van der Waals surface area contributed by atoms with Gasteiger partial charge < -0.3 is 19.6 Å². The standard InChI is InChI=1S/C30H38F3N3O3.C29H38F3NO3/c1-2-3-4-5-6-7-8-9-10-14-27-34-29(39-35-27)25-13-11-12-24(19-25)21-36(22-28(37)38)20-23-15-17-26(18-16-23)30(31,32)33;1-2-3-4-5-6-7-8-9-10-11-12-23-13-15-24(16-14-23)21-33(27(34)28(35)36)22-25-17-19-26(20-18-25)29(30,31)32/h11-13,15-19H,2-10,14,20-22H2,1H3,(H,37,38);13-20H,2-12,21-22H2,1H3,(H,35,36). The molecular weight excluding hydrogens is 975 g/mol. The number of carboxylic acid groups (broad SMARTS) is 2. The highest BCUT2D eigenvalue weighted by atomic mass is 19.4. The zero-order chi connectivity index (χ0) is 54.5. The number of aliphatic carboxylic acids is 2. The molecule has 0 saturated carbocycles. The van der Waals surface area contributed by atoms with Gasteiger partial charge in [0.2, 0.25) is 0 Å². The van der Waals surface area contributed by atoms with Crippen molar-refractivity contribution >= 4 is 17.8 Å². The molecule has 1 heterocycles. The van der Waals surface area contributed by atoms with Crippen LogP contribution >= 0.6 is 0 Å². The molecule has 75 heavy (non-hydrogen) atoms. The monoisotopic (exact) mass is 1050 g/mol. The van der Waals surface area contributed by atoms with Crippen LogP contribution in [0, 0.1) is 0 Å². The van der Waals surface area contributed by atoms with E-state index in [2.05, 4.69) is 24.0 Å². The summed E-state index contributed by atoms with van der Waals surface area (Å²) in [5.74, 6) is -2.62. The molecule has 0 spiro atoms. The Bertz CT molecular complexity index is 2410. The van der Waals surface area contributed by atoms with Crippen molar-refractivity contribution in [2.75, 3.05) is 6.54 Å². The second-order valence-corrected chi connectivity index (χ2v) is 19.4. The Hall–Kier alpha value is -6.03. The van der Waals surface area contributed by atoms with Crippen LogP contribution in [-0.4, -0.2) is 54.5 Å². The summed E-state index contributed by atoms with van der Waals surface area (Å²) in [6.45, 7) is 4.66. The van der Waals surface area contributed by atoms with E-state index in [0.29, 0.717) is 29.4 Å². The van der Waals surface area contributed by atoms with Crippen LogP contribution in [-0.2, 0) is 65.8 Å². The summed E-state index contributed by atoms with van der Waals surface area (Å²) < 4.78 is 82.4. The molecule has 0 fully saturated rings. The zero-order valence-corrected chi connectivity index (χ0v) is 43.7. The van der Waals surface area contributed by atoms with E-state index < -0.39 is 41.3 Å². The van der Waals surface area contributed by atoms with Crippen LogP contribution < -0.4 is 0 Å². The molecule has 16 heteroatoms. The van der Waals surface area contributed by atoms with Crippen molar-refractivity contribution in [3.8, 4) is 11.5 Å². The largest absolute Gasteiger partial charge is 0.480 e. The molecule has 2 N–H and O–H groups in total. The number of hydrogen-bond donors (Lipinski definition) is 2. The first-order chi connectivity index (χ1) is 35.9. The number of hydrogen-bond acceptors (Lipinski definition) is 7. The minimum atomic E-state index is -4.45. The minimum Gasteiger partial charge on any atom is -0.480 e. The highest BCUT2D eigenvalue weighted by Gasteiger charge is 2.31. The van der Waals surface area contributed by atoms with E-state index in [1.807, 2.05) is 48.5 Å². The van der Waals surface area contributed by atoms with Gasteiger partial charge in [-0.1, -0.05) is 189 Å². The van der Waals surface area contributed by atoms with Crippen LogP contribution in [0.15, 0.2) is 102 Å². The number of alkyl halides is 6. The van der Waals surface area contributed by atoms with Gasteiger partial charge in [0.25, 0.3) is 5.89 Å². The fourth-order valence-electron chi connectivity index (χ4n) is 8.75. The lowest BCUT2D eigenvalue weighted by molar-refractivity contribution is -0.156. The van der Waals surface area contributed by atoms with Gasteiger partial charge in [0, 0.05) is 38.2 Å². The summed E-state index contributed by atoms with van der Waals surface area (Å²) in [6.07, 6.45) is 16.9. The van der Waals surface area contributed by atoms with Crippen LogP contribution in [0.1, 0.15) is 181 Å². The lowest BCUT2D eigenvalue weighted by atomic mass is 10.0. The van der Waals surface area contributed by atoms with E-state index in [1.54, 1.807) is 4.90 Å². The van der Waals surface area contributed by atoms with E-state index >= 15 is 0 Å². The number of halogens is 6. The molecule has 0 saturated heterocycles. The Morgan fingerprint density at radius 3 is 1.37 bits per heavy atom. The molecule has 10 nitrogen and oxygen atoms in total. The molecule has 410 valence electrons. The quantitative estimate of drug-likeness (QED) is 0.0245. The van der Waals surface area contributed by atoms with E-state index in [-0.39, 0.29) is 26.2 Å². The van der Waals surface area contributed by atoms with Crippen molar-refractivity contribution in [2.24, 2.45) is 0 Å². The van der Waals surface area contributed by atoms with E-state index in [1.165, 1.54) is 133 Å². The maximum absolute atomic E-state index is 12.9. The first kappa shape index (κ1) is 61.5. The zero-order valence-electron chi connectivity index (χ0n) is 43.7. The summed E-state index contributed by atoms with van der Waals surface area (Å²) in [6, 6.07) is 24.3. The molecule has 0 atom stereocenters. The fraction of sp³-hybridized carbons (Fsp3) is 0.508. The molecule has 0 unspecified atom stereocenters. The van der Waals surface area contributed by atoms with Gasteiger partial charge in [0.15, 0.2) is 5.82 Å². The summed E-state index contributed by atoms with van der Waals surface area (Å²) >= 11 is 0. The van der Waals surface area contributed by atoms with Crippen LogP contribution in [0.2, 0.25) is 0 Å². The predicted molar refractivity (Wildman–Crippen MR) is 279 cm³/mol. The van der Waals surface area contributed by atoms with E-state index in [0.717, 1.165) is 78.0 Å². The number of rotatable bonds is 32. The topological polar surface area (TPSA) is 137 Å². The SMILES string of the molecule is CCCCCCCCCCCCc1ccc(CN(Cc2ccc(C(F)(F)F)cc2)C(=O)C(=O)O)cc1.CCCCCCCCCCCc1noc(-c2cccc(CN(CC(=O)O)Cc3ccc(C(F)(F)F)cc3)c2)n1. The van der Waals surface area contributed by atoms with Gasteiger partial charge in [-0.05, 0) is 83.5 Å². The maximum Gasteiger partial charge on any atom is 0.416 e. The summed E-state index contributed by atoms with van der Waals surface area (Å²) in [5, 5.41) is 22.7. The first-order valence-corrected chi connectivity index (χ1v) is 26.7. The normalized spacial score (nSPS) is 11.6. The third-order valence-corrected chi connectivity index (χ3v) is 12.9. The third kappa shape index (κ3) is 24.5. The van der Waals surface area contributed by atoms with Crippen molar-refractivity contribution in [1.82, 2.24) is 19.9 Å². The number of amides is 1. The lowest BCUT2D eigenvalue weighted by Gasteiger charge is -2.21. The summed E-state index contributed by atoms with van der Waals surface area (Å²) in [7, 11) is 0. The van der Waals surface area contributed by atoms with Gasteiger partial charge in [0.05, 0.1) is 17.7 Å². The van der Waals surface area contributed by atoms with Gasteiger partial charge in [0.1, 0.15) is 0 Å². The van der Waals surface area contributed by atoms with Gasteiger partial charge >= 0.3 is 30.2 Å². The van der Waals surface area contributed by atoms with Gasteiger partial charge in [-0.15, -0.1) is 0 Å². The molecular formula is C59H76F6N4O6. The molecule has 0 aliphatic carbocycles. The average Bonchev–Trinajstić information content (AvgIpc) is 3.85. The Labute approximate surface area is 438 Å². The van der Waals surface area contributed by atoms with Crippen molar-refractivity contribution < 1.29 is 55.5 Å². The molecule has 1 amide bonds. The second-order valence-electron chi connectivity index (χ2n) is 19.4. The number of nitrogens with zero attached hydrogens (tertiary/aromatic N) is 4. The summed E-state index contributed by atoms with van der Waals surface area (Å²) in [5.41, 5.74) is 3.03. The summed E-state index contributed by atoms with van der Waals surface area (Å²) in [4.78, 5) is 42.3. The molecule has 5 rings (SSSR count). The second kappa shape index (κ2) is 33.1. The number of unbranched alkanes of at least 4 members (excludes halogenated alkanes) is 17. The number of carbonyl (C=O) groups excluding carboxylic acids is 1. The Morgan fingerprint density at radius 1 is 0.507 bits per heavy atom. The Kier molecular flexibility index (Phi) is 27.1. The number of aryl methyl sites for hydroxylation is 2. The van der Waals surface area contributed by atoms with E-state index in [9.17, 15) is 50.9 Å². The fourth-order valence-corrected chi connectivity index (χ4v) is 8.75. The van der Waals surface area contributed by atoms with Crippen molar-refractivity contribution in [2.45, 2.75) is 187 Å². The van der Waals surface area contributed by atoms with Crippen LogP contribution in [0.4, 0.5) is 26.3 Å². The van der Waals surface area contributed by atoms with Gasteiger partial charge in [-0.25, -0.2) is 4.79 Å². The maximum atomic E-state index is 12.9.